The summed E-state index contributed by atoms with van der Waals surface area (Å²) in [7, 11) is -2.44. The van der Waals surface area contributed by atoms with Gasteiger partial charge in [-0.2, -0.15) is 4.39 Å². The average molecular weight is 535 g/mol. The van der Waals surface area contributed by atoms with E-state index in [1.807, 2.05) is 35.3 Å². The smallest absolute Gasteiger partial charge is 0.406 e. The van der Waals surface area contributed by atoms with E-state index in [1.165, 1.54) is 7.11 Å². The topological polar surface area (TPSA) is 141 Å². The van der Waals surface area contributed by atoms with Crippen LogP contribution in [0.5, 0.6) is 5.75 Å². The molecule has 3 N–H and O–H groups in total. The van der Waals surface area contributed by atoms with Crippen LogP contribution in [-0.2, 0) is 31.5 Å². The van der Waals surface area contributed by atoms with Gasteiger partial charge in [0.05, 0.1) is 32.6 Å². The zero-order valence-electron chi connectivity index (χ0n) is 19.9. The fraction of sp³-hybridized carbons (Fsp3) is 0.333. The first-order valence-corrected chi connectivity index (χ1v) is 13.0. The number of nitrogens with zero attached hydrogens (tertiary/aromatic N) is 1. The first-order valence-electron chi connectivity index (χ1n) is 11.4. The summed E-state index contributed by atoms with van der Waals surface area (Å²) in [6, 6.07) is 16.3. The average Bonchev–Trinajstić information content (AvgIpc) is 3.28. The van der Waals surface area contributed by atoms with Gasteiger partial charge in [0, 0.05) is 18.5 Å². The summed E-state index contributed by atoms with van der Waals surface area (Å²) in [5.41, 5.74) is -0.561. The molecule has 0 radical (unpaired) electrons. The van der Waals surface area contributed by atoms with E-state index in [2.05, 4.69) is 5.09 Å². The lowest BCUT2D eigenvalue weighted by molar-refractivity contribution is -0.0442. The Morgan fingerprint density at radius 2 is 1.89 bits per heavy atom. The molecule has 3 aromatic rings. The van der Waals surface area contributed by atoms with Crippen LogP contribution in [0, 0.1) is 5.82 Å². The van der Waals surface area contributed by atoms with Gasteiger partial charge >= 0.3 is 13.4 Å². The lowest BCUT2D eigenvalue weighted by Crippen LogP contribution is -2.34. The van der Waals surface area contributed by atoms with E-state index in [0.29, 0.717) is 17.5 Å². The number of para-hydroxylation sites is 1. The Morgan fingerprint density at radius 3 is 2.65 bits per heavy atom. The number of ether oxygens (including phenoxy) is 2. The zero-order valence-corrected chi connectivity index (χ0v) is 20.8. The third kappa shape index (κ3) is 6.80. The number of hydrogen-bond donors (Lipinski definition) is 3. The van der Waals surface area contributed by atoms with Crippen LogP contribution in [0.3, 0.4) is 0 Å². The number of aromatic nitrogens is 2. The van der Waals surface area contributed by atoms with Gasteiger partial charge < -0.3 is 14.6 Å². The van der Waals surface area contributed by atoms with Crippen molar-refractivity contribution < 1.29 is 32.6 Å². The molecule has 2 heterocycles. The summed E-state index contributed by atoms with van der Waals surface area (Å²) < 4.78 is 50.5. The van der Waals surface area contributed by atoms with Crippen molar-refractivity contribution in [1.82, 2.24) is 14.6 Å². The van der Waals surface area contributed by atoms with Crippen LogP contribution < -0.4 is 21.1 Å². The Balaban J connectivity index is 1.46. The van der Waals surface area contributed by atoms with Crippen LogP contribution in [-0.4, -0.2) is 40.6 Å². The summed E-state index contributed by atoms with van der Waals surface area (Å²) in [6.07, 6.45) is -2.56. The molecule has 1 fully saturated rings. The Hall–Kier alpha value is -3.12. The Bertz CT molecular complexity index is 1370. The number of aliphatic hydroxyl groups excluding tert-OH is 1. The molecule has 4 rings (SSSR count). The predicted molar refractivity (Wildman–Crippen MR) is 130 cm³/mol. The van der Waals surface area contributed by atoms with E-state index in [4.69, 9.17) is 18.5 Å². The minimum atomic E-state index is -3.95. The molecule has 198 valence electrons. The van der Waals surface area contributed by atoms with Crippen molar-refractivity contribution >= 4 is 7.75 Å². The van der Waals surface area contributed by atoms with Crippen LogP contribution in [0.1, 0.15) is 23.8 Å². The van der Waals surface area contributed by atoms with E-state index in [0.717, 1.165) is 10.1 Å². The van der Waals surface area contributed by atoms with Crippen molar-refractivity contribution in [3.63, 3.8) is 0 Å². The van der Waals surface area contributed by atoms with Gasteiger partial charge in [-0.15, -0.1) is 0 Å². The Kier molecular flexibility index (Phi) is 8.70. The van der Waals surface area contributed by atoms with E-state index >= 15 is 0 Å². The molecule has 0 spiro atoms. The number of halogens is 1. The second-order valence-electron chi connectivity index (χ2n) is 8.27. The highest BCUT2D eigenvalue weighted by Crippen LogP contribution is 2.46. The number of rotatable bonds is 11. The fourth-order valence-electron chi connectivity index (χ4n) is 3.77. The molecular weight excluding hydrogens is 508 g/mol. The van der Waals surface area contributed by atoms with Crippen molar-refractivity contribution in [3.8, 4) is 5.75 Å². The van der Waals surface area contributed by atoms with Crippen LogP contribution in [0.4, 0.5) is 4.39 Å². The minimum Gasteiger partial charge on any atom is -0.496 e. The number of nitrogens with one attached hydrogen (secondary N) is 2. The molecule has 2 aromatic carbocycles. The van der Waals surface area contributed by atoms with Gasteiger partial charge in [0.1, 0.15) is 18.1 Å². The van der Waals surface area contributed by atoms with Crippen molar-refractivity contribution in [2.24, 2.45) is 0 Å². The molecule has 13 heteroatoms. The molecule has 1 aliphatic rings. The largest absolute Gasteiger partial charge is 0.496 e. The standard InChI is InChI=1S/C24H27FN3O8P/c1-33-20-10-6-5-9-17(20)14-34-37(32,26-12-16-7-3-2-4-8-16)35-15-21-19(29)11-22(36-21)28-13-18(25)23(30)27-24(28)31/h2-10,13,19,21-22,29H,11-12,14-15H2,1H3,(H,26,32)(H,27,30,31)/t19-,21+,22+,37?/m0/s1. The molecule has 4 atom stereocenters. The highest BCUT2D eigenvalue weighted by Gasteiger charge is 2.38. The number of hydrogen-bond acceptors (Lipinski definition) is 8. The van der Waals surface area contributed by atoms with Gasteiger partial charge in [-0.1, -0.05) is 48.5 Å². The summed E-state index contributed by atoms with van der Waals surface area (Å²) in [4.78, 5) is 25.2. The lowest BCUT2D eigenvalue weighted by Gasteiger charge is -2.23. The summed E-state index contributed by atoms with van der Waals surface area (Å²) >= 11 is 0. The van der Waals surface area contributed by atoms with Gasteiger partial charge in [-0.25, -0.2) is 14.4 Å². The first kappa shape index (κ1) is 26.9. The van der Waals surface area contributed by atoms with Crippen molar-refractivity contribution in [2.45, 2.75) is 38.0 Å². The lowest BCUT2D eigenvalue weighted by atomic mass is 10.2. The van der Waals surface area contributed by atoms with E-state index in [9.17, 15) is 23.7 Å². The number of aromatic amines is 1. The molecule has 0 bridgehead atoms. The molecule has 0 saturated carbocycles. The summed E-state index contributed by atoms with van der Waals surface area (Å²) in [5, 5.41) is 13.3. The fourth-order valence-corrected chi connectivity index (χ4v) is 5.06. The SMILES string of the molecule is COc1ccccc1COP(=O)(NCc1ccccc1)OC[C@H]1O[C@@H](n2cc(F)c(=O)[nH]c2=O)C[C@@H]1O. The number of methoxy groups -OCH3 is 1. The second-order valence-corrected chi connectivity index (χ2v) is 10.1. The second kappa shape index (κ2) is 12.0. The molecule has 37 heavy (non-hydrogen) atoms. The third-order valence-corrected chi connectivity index (χ3v) is 7.25. The van der Waals surface area contributed by atoms with Gasteiger partial charge in [-0.3, -0.25) is 23.4 Å². The van der Waals surface area contributed by atoms with Crippen molar-refractivity contribution in [1.29, 1.82) is 0 Å². The molecule has 1 saturated heterocycles. The number of H-pyrrole nitrogens is 1. The maximum absolute atomic E-state index is 13.7. The normalized spacial score (nSPS) is 21.0. The van der Waals surface area contributed by atoms with Crippen LogP contribution in [0.2, 0.25) is 0 Å². The van der Waals surface area contributed by atoms with Crippen LogP contribution in [0.25, 0.3) is 0 Å². The van der Waals surface area contributed by atoms with Crippen molar-refractivity contribution in [3.05, 3.63) is 98.6 Å². The van der Waals surface area contributed by atoms with Crippen LogP contribution in [0.15, 0.2) is 70.4 Å². The summed E-state index contributed by atoms with van der Waals surface area (Å²) in [6.45, 7) is -0.276. The molecular formula is C24H27FN3O8P. The van der Waals surface area contributed by atoms with Gasteiger partial charge in [0.2, 0.25) is 5.82 Å². The Morgan fingerprint density at radius 1 is 1.16 bits per heavy atom. The first-order chi connectivity index (χ1) is 17.8. The maximum atomic E-state index is 13.7. The minimum absolute atomic E-state index is 0.0801. The molecule has 1 unspecified atom stereocenters. The third-order valence-electron chi connectivity index (χ3n) is 5.75. The van der Waals surface area contributed by atoms with Crippen LogP contribution >= 0.6 is 7.75 Å². The monoisotopic (exact) mass is 535 g/mol. The molecule has 0 amide bonds. The molecule has 0 aliphatic carbocycles. The zero-order chi connectivity index (χ0) is 26.4. The highest BCUT2D eigenvalue weighted by atomic mass is 31.2. The van der Waals surface area contributed by atoms with Gasteiger partial charge in [-0.05, 0) is 11.6 Å². The number of aliphatic hydroxyl groups is 1. The predicted octanol–water partition coefficient (Wildman–Crippen LogP) is 2.46. The van der Waals surface area contributed by atoms with E-state index < -0.39 is 43.2 Å². The molecule has 11 nitrogen and oxygen atoms in total. The van der Waals surface area contributed by atoms with Gasteiger partial charge in [0.25, 0.3) is 5.56 Å². The van der Waals surface area contributed by atoms with E-state index in [-0.39, 0.29) is 26.2 Å². The number of benzene rings is 2. The summed E-state index contributed by atoms with van der Waals surface area (Å²) in [5.74, 6) is -0.621. The van der Waals surface area contributed by atoms with Crippen molar-refractivity contribution in [2.75, 3.05) is 13.7 Å². The van der Waals surface area contributed by atoms with Gasteiger partial charge in [0.15, 0.2) is 0 Å². The Labute approximate surface area is 211 Å². The van der Waals surface area contributed by atoms with E-state index in [1.54, 1.807) is 24.3 Å². The molecule has 1 aliphatic heterocycles. The highest BCUT2D eigenvalue weighted by molar-refractivity contribution is 7.51. The molecule has 1 aromatic heterocycles. The quantitative estimate of drug-likeness (QED) is 0.316. The maximum Gasteiger partial charge on any atom is 0.406 e.